The first-order valence-corrected chi connectivity index (χ1v) is 13.3. The fourth-order valence-electron chi connectivity index (χ4n) is 4.09. The number of benzene rings is 1. The molecule has 0 aliphatic carbocycles. The van der Waals surface area contributed by atoms with E-state index in [9.17, 15) is 9.59 Å². The summed E-state index contributed by atoms with van der Waals surface area (Å²) in [6, 6.07) is 3.44. The molecular formula is C29H47NO6. The van der Waals surface area contributed by atoms with E-state index in [1.807, 2.05) is 0 Å². The molecule has 7 heteroatoms. The number of rotatable bonds is 20. The van der Waals surface area contributed by atoms with Gasteiger partial charge in [0.1, 0.15) is 0 Å². The minimum absolute atomic E-state index is 0.0722. The zero-order valence-electron chi connectivity index (χ0n) is 23.0. The molecule has 0 saturated carbocycles. The molecule has 1 rings (SSSR count). The summed E-state index contributed by atoms with van der Waals surface area (Å²) >= 11 is 0. The molecular weight excluding hydrogens is 458 g/mol. The van der Waals surface area contributed by atoms with Crippen LogP contribution in [0.15, 0.2) is 24.3 Å². The Kier molecular flexibility index (Phi) is 17.0. The van der Waals surface area contributed by atoms with E-state index in [1.165, 1.54) is 26.4 Å². The Morgan fingerprint density at radius 2 is 1.47 bits per heavy atom. The molecule has 0 heterocycles. The molecule has 1 atom stereocenters. The molecule has 7 nitrogen and oxygen atoms in total. The average Bonchev–Trinajstić information content (AvgIpc) is 2.90. The van der Waals surface area contributed by atoms with Crippen molar-refractivity contribution in [2.45, 2.75) is 96.4 Å². The van der Waals surface area contributed by atoms with E-state index >= 15 is 0 Å². The summed E-state index contributed by atoms with van der Waals surface area (Å²) < 4.78 is 20.8. The van der Waals surface area contributed by atoms with Crippen molar-refractivity contribution >= 4 is 11.9 Å². The van der Waals surface area contributed by atoms with Crippen LogP contribution in [0.25, 0.3) is 0 Å². The van der Waals surface area contributed by atoms with Gasteiger partial charge in [0.2, 0.25) is 5.75 Å². The number of carbonyl (C=O) groups excluding carboxylic acids is 2. The summed E-state index contributed by atoms with van der Waals surface area (Å²) in [5.41, 5.74) is 0.485. The number of hydrogen-bond acceptors (Lipinski definition) is 6. The van der Waals surface area contributed by atoms with E-state index in [4.69, 9.17) is 14.2 Å². The van der Waals surface area contributed by atoms with Crippen molar-refractivity contribution < 1.29 is 28.5 Å². The van der Waals surface area contributed by atoms with Crippen LogP contribution in [-0.2, 0) is 9.53 Å². The summed E-state index contributed by atoms with van der Waals surface area (Å²) in [6.07, 6.45) is 17.7. The number of hydrogen-bond donors (Lipinski definition) is 1. The number of methoxy groups -OCH3 is 4. The molecule has 0 aliphatic heterocycles. The third kappa shape index (κ3) is 12.3. The minimum Gasteiger partial charge on any atom is -0.493 e. The van der Waals surface area contributed by atoms with Crippen LogP contribution in [0.4, 0.5) is 0 Å². The van der Waals surface area contributed by atoms with Crippen molar-refractivity contribution in [1.29, 1.82) is 0 Å². The number of ether oxygens (including phenoxy) is 4. The monoisotopic (exact) mass is 505 g/mol. The van der Waals surface area contributed by atoms with Crippen LogP contribution >= 0.6 is 0 Å². The van der Waals surface area contributed by atoms with E-state index < -0.39 is 0 Å². The third-order valence-electron chi connectivity index (χ3n) is 6.23. The molecule has 1 amide bonds. The van der Waals surface area contributed by atoms with Gasteiger partial charge in [0.15, 0.2) is 11.5 Å². The molecule has 0 aromatic heterocycles. The lowest BCUT2D eigenvalue weighted by Gasteiger charge is -2.19. The van der Waals surface area contributed by atoms with Gasteiger partial charge in [-0.25, -0.2) is 0 Å². The molecule has 0 spiro atoms. The Balaban J connectivity index is 2.60. The maximum Gasteiger partial charge on any atom is 0.305 e. The van der Waals surface area contributed by atoms with Crippen LogP contribution in [0.2, 0.25) is 0 Å². The lowest BCUT2D eigenvalue weighted by Crippen LogP contribution is -2.34. The van der Waals surface area contributed by atoms with Crippen LogP contribution in [-0.4, -0.2) is 46.4 Å². The van der Waals surface area contributed by atoms with E-state index in [-0.39, 0.29) is 17.9 Å². The molecule has 0 radical (unpaired) electrons. The Hall–Kier alpha value is -2.70. The largest absolute Gasteiger partial charge is 0.493 e. The predicted octanol–water partition coefficient (Wildman–Crippen LogP) is 6.63. The normalized spacial score (nSPS) is 11.8. The Morgan fingerprint density at radius 1 is 0.833 bits per heavy atom. The molecule has 1 N–H and O–H groups in total. The molecule has 1 aromatic carbocycles. The maximum atomic E-state index is 13.1. The van der Waals surface area contributed by atoms with Crippen molar-refractivity contribution in [3.05, 3.63) is 29.8 Å². The number of allylic oxidation sites excluding steroid dienone is 1. The smallest absolute Gasteiger partial charge is 0.305 e. The molecule has 0 aliphatic rings. The summed E-state index contributed by atoms with van der Waals surface area (Å²) in [5, 5.41) is 3.21. The van der Waals surface area contributed by atoms with Gasteiger partial charge in [-0.3, -0.25) is 9.59 Å². The van der Waals surface area contributed by atoms with Gasteiger partial charge in [-0.05, 0) is 44.2 Å². The van der Waals surface area contributed by atoms with E-state index in [0.717, 1.165) is 57.8 Å². The van der Waals surface area contributed by atoms with Crippen LogP contribution < -0.4 is 19.5 Å². The average molecular weight is 506 g/mol. The van der Waals surface area contributed by atoms with Crippen molar-refractivity contribution in [2.24, 2.45) is 0 Å². The van der Waals surface area contributed by atoms with E-state index in [2.05, 4.69) is 29.1 Å². The highest BCUT2D eigenvalue weighted by Crippen LogP contribution is 2.38. The summed E-state index contributed by atoms with van der Waals surface area (Å²) in [5.74, 6) is 1.13. The molecule has 0 bridgehead atoms. The molecule has 0 fully saturated rings. The number of amides is 1. The lowest BCUT2D eigenvalue weighted by atomic mass is 10.0. The summed E-state index contributed by atoms with van der Waals surface area (Å²) in [4.78, 5) is 24.2. The fraction of sp³-hybridized carbons (Fsp3) is 0.655. The second-order valence-electron chi connectivity index (χ2n) is 9.02. The first kappa shape index (κ1) is 31.3. The van der Waals surface area contributed by atoms with Gasteiger partial charge >= 0.3 is 5.97 Å². The SMILES string of the molecule is CCCCCCC(C/C=C\CCCCCCCC(=O)OC)NC(=O)c1cc(OC)c(OC)c(OC)c1. The van der Waals surface area contributed by atoms with Crippen molar-refractivity contribution in [3.63, 3.8) is 0 Å². The van der Waals surface area contributed by atoms with Gasteiger partial charge in [0.25, 0.3) is 5.91 Å². The Morgan fingerprint density at radius 3 is 2.08 bits per heavy atom. The number of nitrogens with one attached hydrogen (secondary N) is 1. The highest BCUT2D eigenvalue weighted by Gasteiger charge is 2.19. The zero-order chi connectivity index (χ0) is 26.6. The predicted molar refractivity (Wildman–Crippen MR) is 144 cm³/mol. The number of carbonyl (C=O) groups is 2. The quantitative estimate of drug-likeness (QED) is 0.122. The number of esters is 1. The first-order chi connectivity index (χ1) is 17.5. The first-order valence-electron chi connectivity index (χ1n) is 13.3. The van der Waals surface area contributed by atoms with Gasteiger partial charge in [-0.2, -0.15) is 0 Å². The molecule has 0 saturated heterocycles. The van der Waals surface area contributed by atoms with Crippen molar-refractivity contribution in [1.82, 2.24) is 5.32 Å². The highest BCUT2D eigenvalue weighted by molar-refractivity contribution is 5.95. The summed E-state index contributed by atoms with van der Waals surface area (Å²) in [6.45, 7) is 2.20. The van der Waals surface area contributed by atoms with Crippen LogP contribution in [0.1, 0.15) is 101 Å². The molecule has 1 aromatic rings. The third-order valence-corrected chi connectivity index (χ3v) is 6.23. The molecule has 36 heavy (non-hydrogen) atoms. The van der Waals surface area contributed by atoms with Gasteiger partial charge in [-0.15, -0.1) is 0 Å². The van der Waals surface area contributed by atoms with Gasteiger partial charge in [0, 0.05) is 18.0 Å². The molecule has 1 unspecified atom stereocenters. The minimum atomic E-state index is -0.143. The standard InChI is InChI=1S/C29H47NO6/c1-6-7-8-15-18-24(19-16-13-11-9-10-12-14-17-20-27(31)35-4)30-29(32)23-21-25(33-2)28(36-5)26(22-23)34-3/h13,16,21-22,24H,6-12,14-15,17-20H2,1-5H3,(H,30,32)/b16-13-. The van der Waals surface area contributed by atoms with Crippen molar-refractivity contribution in [2.75, 3.05) is 28.4 Å². The maximum absolute atomic E-state index is 13.1. The van der Waals surface area contributed by atoms with E-state index in [0.29, 0.717) is 29.2 Å². The fourth-order valence-corrected chi connectivity index (χ4v) is 4.09. The van der Waals surface area contributed by atoms with Crippen molar-refractivity contribution in [3.8, 4) is 17.2 Å². The molecule has 204 valence electrons. The van der Waals surface area contributed by atoms with E-state index in [1.54, 1.807) is 33.5 Å². The zero-order valence-corrected chi connectivity index (χ0v) is 23.0. The lowest BCUT2D eigenvalue weighted by molar-refractivity contribution is -0.140. The van der Waals surface area contributed by atoms with Gasteiger partial charge in [-0.1, -0.05) is 64.0 Å². The van der Waals surface area contributed by atoms with Crippen LogP contribution in [0, 0.1) is 0 Å². The second kappa shape index (κ2) is 19.5. The van der Waals surface area contributed by atoms with Crippen LogP contribution in [0.3, 0.4) is 0 Å². The summed E-state index contributed by atoms with van der Waals surface area (Å²) in [7, 11) is 6.07. The second-order valence-corrected chi connectivity index (χ2v) is 9.02. The van der Waals surface area contributed by atoms with Gasteiger partial charge in [0.05, 0.1) is 28.4 Å². The Bertz CT molecular complexity index is 767. The van der Waals surface area contributed by atoms with Crippen LogP contribution in [0.5, 0.6) is 17.2 Å². The topological polar surface area (TPSA) is 83.1 Å². The highest BCUT2D eigenvalue weighted by atomic mass is 16.5. The Labute approximate surface area is 217 Å². The number of unbranched alkanes of at least 4 members (excludes halogenated alkanes) is 8. The van der Waals surface area contributed by atoms with Gasteiger partial charge < -0.3 is 24.3 Å².